The molecular weight excluding hydrogens is 601 g/mol. The number of sulfone groups is 1. The summed E-state index contributed by atoms with van der Waals surface area (Å²) in [7, 11) is -4.31. The summed E-state index contributed by atoms with van der Waals surface area (Å²) in [6, 6.07) is 5.19. The number of phenolic OH excluding ortho intramolecular Hbond substituents is 1. The number of carbonyl (C=O) groups excluding carboxylic acids is 1. The van der Waals surface area contributed by atoms with E-state index in [9.17, 15) is 31.5 Å². The molecule has 210 valence electrons. The Labute approximate surface area is 232 Å². The zero-order chi connectivity index (χ0) is 28.1. The first-order valence-electron chi connectivity index (χ1n) is 12.8. The predicted octanol–water partition coefficient (Wildman–Crippen LogP) is 6.21. The number of rotatable bonds is 8. The molecule has 0 spiro atoms. The number of halogens is 4. The van der Waals surface area contributed by atoms with Gasteiger partial charge in [0.2, 0.25) is 0 Å². The van der Waals surface area contributed by atoms with Gasteiger partial charge in [-0.3, -0.25) is 4.90 Å². The lowest BCUT2D eigenvalue weighted by Gasteiger charge is -2.18. The molecule has 5 rings (SSSR count). The summed E-state index contributed by atoms with van der Waals surface area (Å²) in [5, 5.41) is 11.5. The standard InChI is InChI=1S/C27H28BrF3N2O5S/c1-2-38-26(35)24-22(15-39(36,37)18-7-5-6-16(12-18)27(29,30)31)33(17-8-9-17)21-13-20(28)25(34)19(23(21)24)14-32-10-3-4-11-32/h5-7,12-13,17,34H,2-4,8-11,14-15H2,1H3. The van der Waals surface area contributed by atoms with E-state index in [-0.39, 0.29) is 29.7 Å². The van der Waals surface area contributed by atoms with Gasteiger partial charge in [0.15, 0.2) is 9.84 Å². The summed E-state index contributed by atoms with van der Waals surface area (Å²) in [6.45, 7) is 3.67. The smallest absolute Gasteiger partial charge is 0.416 e. The second-order valence-corrected chi connectivity index (χ2v) is 12.8. The molecule has 0 bridgehead atoms. The quantitative estimate of drug-likeness (QED) is 0.298. The van der Waals surface area contributed by atoms with Crippen LogP contribution in [0.3, 0.4) is 0 Å². The van der Waals surface area contributed by atoms with E-state index in [2.05, 4.69) is 20.8 Å². The van der Waals surface area contributed by atoms with Gasteiger partial charge in [0.1, 0.15) is 5.75 Å². The van der Waals surface area contributed by atoms with Gasteiger partial charge in [-0.2, -0.15) is 13.2 Å². The van der Waals surface area contributed by atoms with Gasteiger partial charge in [-0.15, -0.1) is 0 Å². The number of aromatic hydroxyl groups is 1. The molecule has 1 saturated carbocycles. The van der Waals surface area contributed by atoms with Crippen molar-refractivity contribution in [2.24, 2.45) is 0 Å². The minimum atomic E-state index is -4.71. The predicted molar refractivity (Wildman–Crippen MR) is 142 cm³/mol. The van der Waals surface area contributed by atoms with E-state index in [1.165, 1.54) is 0 Å². The molecule has 2 aromatic carbocycles. The van der Waals surface area contributed by atoms with Crippen LogP contribution in [0.4, 0.5) is 13.2 Å². The largest absolute Gasteiger partial charge is 0.506 e. The molecule has 2 fully saturated rings. The third-order valence-corrected chi connectivity index (χ3v) is 9.47. The van der Waals surface area contributed by atoms with Crippen LogP contribution in [0.5, 0.6) is 5.75 Å². The molecule has 39 heavy (non-hydrogen) atoms. The molecule has 1 aromatic heterocycles. The summed E-state index contributed by atoms with van der Waals surface area (Å²) in [5.41, 5.74) is 0.184. The number of ether oxygens (including phenoxy) is 1. The number of benzene rings is 2. The van der Waals surface area contributed by atoms with Crippen LogP contribution < -0.4 is 0 Å². The molecule has 12 heteroatoms. The summed E-state index contributed by atoms with van der Waals surface area (Å²) < 4.78 is 74.8. The van der Waals surface area contributed by atoms with Gasteiger partial charge in [-0.1, -0.05) is 6.07 Å². The Bertz CT molecular complexity index is 1540. The maximum Gasteiger partial charge on any atom is 0.416 e. The van der Waals surface area contributed by atoms with Crippen molar-refractivity contribution in [2.45, 2.75) is 62.0 Å². The van der Waals surface area contributed by atoms with Crippen LogP contribution in [0.2, 0.25) is 0 Å². The number of likely N-dealkylation sites (tertiary alicyclic amines) is 1. The van der Waals surface area contributed by atoms with Crippen molar-refractivity contribution in [1.29, 1.82) is 0 Å². The van der Waals surface area contributed by atoms with Crippen molar-refractivity contribution >= 4 is 42.6 Å². The van der Waals surface area contributed by atoms with Crippen molar-refractivity contribution in [2.75, 3.05) is 19.7 Å². The van der Waals surface area contributed by atoms with Gasteiger partial charge < -0.3 is 14.4 Å². The number of phenols is 1. The molecule has 0 atom stereocenters. The molecule has 0 unspecified atom stereocenters. The molecule has 2 heterocycles. The van der Waals surface area contributed by atoms with Crippen LogP contribution >= 0.6 is 15.9 Å². The van der Waals surface area contributed by atoms with Crippen LogP contribution in [0, 0.1) is 0 Å². The van der Waals surface area contributed by atoms with E-state index < -0.39 is 38.2 Å². The second kappa shape index (κ2) is 10.4. The van der Waals surface area contributed by atoms with Gasteiger partial charge in [0, 0.05) is 29.2 Å². The first-order chi connectivity index (χ1) is 18.4. The average molecular weight is 629 g/mol. The maximum absolute atomic E-state index is 13.6. The monoisotopic (exact) mass is 628 g/mol. The molecule has 1 aliphatic heterocycles. The van der Waals surface area contributed by atoms with Crippen molar-refractivity contribution in [3.63, 3.8) is 0 Å². The van der Waals surface area contributed by atoms with Crippen LogP contribution in [0.1, 0.15) is 65.8 Å². The molecule has 3 aromatic rings. The summed E-state index contributed by atoms with van der Waals surface area (Å²) in [6.07, 6.45) is -1.19. The number of aromatic nitrogens is 1. The van der Waals surface area contributed by atoms with Crippen molar-refractivity contribution in [1.82, 2.24) is 9.47 Å². The Morgan fingerprint density at radius 3 is 2.49 bits per heavy atom. The van der Waals surface area contributed by atoms with E-state index in [1.807, 2.05) is 0 Å². The summed E-state index contributed by atoms with van der Waals surface area (Å²) in [5.74, 6) is -1.48. The van der Waals surface area contributed by atoms with E-state index in [0.717, 1.165) is 57.0 Å². The topological polar surface area (TPSA) is 88.8 Å². The van der Waals surface area contributed by atoms with Gasteiger partial charge in [0.25, 0.3) is 0 Å². The van der Waals surface area contributed by atoms with E-state index in [1.54, 1.807) is 17.6 Å². The first kappa shape index (κ1) is 28.0. The minimum Gasteiger partial charge on any atom is -0.506 e. The van der Waals surface area contributed by atoms with E-state index >= 15 is 0 Å². The number of fused-ring (bicyclic) bond motifs is 1. The van der Waals surface area contributed by atoms with Gasteiger partial charge in [-0.05, 0) is 85.9 Å². The Hall–Kier alpha value is -2.57. The summed E-state index contributed by atoms with van der Waals surface area (Å²) >= 11 is 3.42. The fourth-order valence-electron chi connectivity index (χ4n) is 5.32. The molecule has 7 nitrogen and oxygen atoms in total. The van der Waals surface area contributed by atoms with Crippen molar-refractivity contribution in [3.8, 4) is 5.75 Å². The lowest BCUT2D eigenvalue weighted by atomic mass is 10.0. The minimum absolute atomic E-state index is 0.0336. The highest BCUT2D eigenvalue weighted by atomic mass is 79.9. The SMILES string of the molecule is CCOC(=O)c1c(CS(=O)(=O)c2cccc(C(F)(F)F)c2)n(C2CC2)c2cc(Br)c(O)c(CN3CCCC3)c12. The molecule has 1 saturated heterocycles. The molecule has 2 aliphatic rings. The number of carbonyl (C=O) groups is 1. The van der Waals surface area contributed by atoms with Gasteiger partial charge in [-0.25, -0.2) is 13.2 Å². The lowest BCUT2D eigenvalue weighted by molar-refractivity contribution is -0.137. The third kappa shape index (κ3) is 5.43. The number of alkyl halides is 3. The Morgan fingerprint density at radius 1 is 1.18 bits per heavy atom. The zero-order valence-corrected chi connectivity index (χ0v) is 23.6. The van der Waals surface area contributed by atoms with Crippen LogP contribution in [0.15, 0.2) is 39.7 Å². The molecule has 0 amide bonds. The first-order valence-corrected chi connectivity index (χ1v) is 15.2. The Balaban J connectivity index is 1.74. The molecule has 1 N–H and O–H groups in total. The van der Waals surface area contributed by atoms with Gasteiger partial charge in [0.05, 0.1) is 38.4 Å². The maximum atomic E-state index is 13.6. The Morgan fingerprint density at radius 2 is 1.87 bits per heavy atom. The average Bonchev–Trinajstić information content (AvgIpc) is 3.47. The van der Waals surface area contributed by atoms with Crippen LogP contribution in [-0.4, -0.2) is 48.7 Å². The van der Waals surface area contributed by atoms with Crippen LogP contribution in [0.25, 0.3) is 10.9 Å². The fourth-order valence-corrected chi connectivity index (χ4v) is 7.18. The fraction of sp³-hybridized carbons (Fsp3) is 0.444. The second-order valence-electron chi connectivity index (χ2n) is 9.99. The number of hydrogen-bond donors (Lipinski definition) is 1. The van der Waals surface area contributed by atoms with Crippen LogP contribution in [-0.2, 0) is 33.0 Å². The highest BCUT2D eigenvalue weighted by Crippen LogP contribution is 2.47. The van der Waals surface area contributed by atoms with E-state index in [0.29, 0.717) is 33.6 Å². The normalized spacial score (nSPS) is 16.7. The van der Waals surface area contributed by atoms with Crippen molar-refractivity contribution in [3.05, 3.63) is 57.2 Å². The molecule has 1 aliphatic carbocycles. The van der Waals surface area contributed by atoms with Crippen molar-refractivity contribution < 1.29 is 36.2 Å². The highest BCUT2D eigenvalue weighted by molar-refractivity contribution is 9.10. The molecular formula is C27H28BrF3N2O5S. The summed E-state index contributed by atoms with van der Waals surface area (Å²) in [4.78, 5) is 15.1. The lowest BCUT2D eigenvalue weighted by Crippen LogP contribution is -2.19. The zero-order valence-electron chi connectivity index (χ0n) is 21.2. The van der Waals surface area contributed by atoms with Gasteiger partial charge >= 0.3 is 12.1 Å². The number of hydrogen-bond acceptors (Lipinski definition) is 6. The third-order valence-electron chi connectivity index (χ3n) is 7.24. The number of esters is 1. The highest BCUT2D eigenvalue weighted by Gasteiger charge is 2.37. The molecule has 0 radical (unpaired) electrons. The Kier molecular flexibility index (Phi) is 7.49. The van der Waals surface area contributed by atoms with E-state index in [4.69, 9.17) is 4.74 Å². The number of nitrogens with zero attached hydrogens (tertiary/aromatic N) is 2.